The normalized spacial score (nSPS) is 11.3. The lowest BCUT2D eigenvalue weighted by molar-refractivity contribution is 1.06. The number of nitrogens with zero attached hydrogens (tertiary/aromatic N) is 4. The van der Waals surface area contributed by atoms with Gasteiger partial charge < -0.3 is 4.57 Å². The molecule has 0 spiro atoms. The van der Waals surface area contributed by atoms with Crippen molar-refractivity contribution in [2.75, 3.05) is 0 Å². The molecule has 4 heteroatoms. The molecule has 4 nitrogen and oxygen atoms in total. The molecule has 12 aromatic rings. The average molecular weight is 855 g/mol. The molecule has 0 radical (unpaired) electrons. The zero-order chi connectivity index (χ0) is 44.5. The highest BCUT2D eigenvalue weighted by molar-refractivity contribution is 6.12. The number of hydrogen-bond donors (Lipinski definition) is 0. The van der Waals surface area contributed by atoms with Crippen LogP contribution in [0.2, 0.25) is 0 Å². The summed E-state index contributed by atoms with van der Waals surface area (Å²) in [4.78, 5) is 15.9. The van der Waals surface area contributed by atoms with Crippen molar-refractivity contribution in [1.29, 1.82) is 0 Å². The smallest absolute Gasteiger partial charge is 0.166 e. The minimum absolute atomic E-state index is 0.585. The predicted octanol–water partition coefficient (Wildman–Crippen LogP) is 16.3. The fourth-order valence-corrected chi connectivity index (χ4v) is 9.37. The van der Waals surface area contributed by atoms with E-state index >= 15 is 0 Å². The quantitative estimate of drug-likeness (QED) is 0.145. The molecule has 0 fully saturated rings. The van der Waals surface area contributed by atoms with Gasteiger partial charge in [-0.1, -0.05) is 212 Å². The van der Waals surface area contributed by atoms with Gasteiger partial charge in [0.1, 0.15) is 0 Å². The third kappa shape index (κ3) is 7.57. The van der Waals surface area contributed by atoms with Gasteiger partial charge in [-0.05, 0) is 98.1 Å². The molecular weight excluding hydrogens is 813 g/mol. The minimum atomic E-state index is 0.585. The van der Waals surface area contributed by atoms with Gasteiger partial charge in [0, 0.05) is 27.5 Å². The summed E-state index contributed by atoms with van der Waals surface area (Å²) in [5.41, 5.74) is 17.3. The summed E-state index contributed by atoms with van der Waals surface area (Å²) in [6.07, 6.45) is 0. The molecule has 0 saturated carbocycles. The molecule has 0 amide bonds. The van der Waals surface area contributed by atoms with Crippen molar-refractivity contribution in [1.82, 2.24) is 19.5 Å². The largest absolute Gasteiger partial charge is 0.308 e. The monoisotopic (exact) mass is 854 g/mol. The first-order valence-electron chi connectivity index (χ1n) is 22.7. The van der Waals surface area contributed by atoms with Gasteiger partial charge in [0.25, 0.3) is 0 Å². The van der Waals surface area contributed by atoms with Gasteiger partial charge in [-0.3, -0.25) is 0 Å². The van der Waals surface area contributed by atoms with Crippen LogP contribution in [0.15, 0.2) is 255 Å². The lowest BCUT2D eigenvalue weighted by Gasteiger charge is -2.18. The van der Waals surface area contributed by atoms with Crippen LogP contribution in [0.5, 0.6) is 0 Å². The maximum atomic E-state index is 5.38. The Hall–Kier alpha value is -8.99. The SMILES string of the molecule is c1ccc(-c2ccc(-c3ccccc3)c(-c3ccc(-n4c5ccc(-c6ccccc6)cc5c5cc(-c6ccccc6)ccc54)c(-c4nc(-c5ccccc5)nc(-c5ccccc5)n4)c3)c2)cc1. The molecule has 314 valence electrons. The summed E-state index contributed by atoms with van der Waals surface area (Å²) in [5.74, 6) is 1.81. The van der Waals surface area contributed by atoms with Gasteiger partial charge in [-0.15, -0.1) is 0 Å². The Morgan fingerprint density at radius 2 is 0.582 bits per heavy atom. The van der Waals surface area contributed by atoms with E-state index in [2.05, 4.69) is 223 Å². The van der Waals surface area contributed by atoms with E-state index in [1.807, 2.05) is 36.4 Å². The van der Waals surface area contributed by atoms with Crippen LogP contribution in [0, 0.1) is 0 Å². The van der Waals surface area contributed by atoms with Crippen LogP contribution in [-0.4, -0.2) is 19.5 Å². The van der Waals surface area contributed by atoms with Crippen molar-refractivity contribution in [2.24, 2.45) is 0 Å². The molecule has 0 aliphatic rings. The van der Waals surface area contributed by atoms with Crippen LogP contribution in [0.4, 0.5) is 0 Å². The van der Waals surface area contributed by atoms with Crippen molar-refractivity contribution >= 4 is 21.8 Å². The lowest BCUT2D eigenvalue weighted by atomic mass is 9.90. The zero-order valence-electron chi connectivity index (χ0n) is 36.5. The molecular formula is C63H42N4. The summed E-state index contributed by atoms with van der Waals surface area (Å²) in [5, 5.41) is 2.33. The van der Waals surface area contributed by atoms with E-state index in [1.165, 1.54) is 11.1 Å². The van der Waals surface area contributed by atoms with Crippen molar-refractivity contribution in [3.05, 3.63) is 255 Å². The highest BCUT2D eigenvalue weighted by atomic mass is 15.1. The van der Waals surface area contributed by atoms with Crippen molar-refractivity contribution in [3.63, 3.8) is 0 Å². The van der Waals surface area contributed by atoms with Crippen LogP contribution in [0.3, 0.4) is 0 Å². The van der Waals surface area contributed by atoms with Gasteiger partial charge in [0.2, 0.25) is 0 Å². The van der Waals surface area contributed by atoms with E-state index in [0.29, 0.717) is 17.5 Å². The summed E-state index contributed by atoms with van der Waals surface area (Å²) >= 11 is 0. The molecule has 12 rings (SSSR count). The second kappa shape index (κ2) is 17.2. The molecule has 0 atom stereocenters. The third-order valence-electron chi connectivity index (χ3n) is 12.7. The molecule has 10 aromatic carbocycles. The van der Waals surface area contributed by atoms with E-state index in [0.717, 1.165) is 88.7 Å². The van der Waals surface area contributed by atoms with Crippen molar-refractivity contribution < 1.29 is 0 Å². The third-order valence-corrected chi connectivity index (χ3v) is 12.7. The van der Waals surface area contributed by atoms with Gasteiger partial charge in [-0.2, -0.15) is 0 Å². The molecule has 0 aliphatic carbocycles. The Kier molecular flexibility index (Phi) is 10.2. The summed E-state index contributed by atoms with van der Waals surface area (Å²) in [6, 6.07) is 90.3. The van der Waals surface area contributed by atoms with E-state index in [4.69, 9.17) is 15.0 Å². The average Bonchev–Trinajstić information content (AvgIpc) is 3.74. The van der Waals surface area contributed by atoms with Crippen LogP contribution < -0.4 is 0 Å². The van der Waals surface area contributed by atoms with E-state index < -0.39 is 0 Å². The Balaban J connectivity index is 1.16. The number of rotatable bonds is 9. The van der Waals surface area contributed by atoms with Crippen LogP contribution >= 0.6 is 0 Å². The molecule has 2 aromatic heterocycles. The standard InChI is InChI=1S/C63H42N4/c1-7-19-43(20-8-1)49-31-35-53(46-25-13-4-14-26-46)54(39-49)52-34-38-60(57(42-52)63-65-61(47-27-15-5-16-28-47)64-62(66-63)48-29-17-6-18-30-48)67-58-36-32-50(44-21-9-2-10-22-44)40-55(58)56-41-51(33-37-59(56)67)45-23-11-3-12-24-45/h1-42H. The number of hydrogen-bond acceptors (Lipinski definition) is 3. The molecule has 0 aliphatic heterocycles. The van der Waals surface area contributed by atoms with Crippen LogP contribution in [-0.2, 0) is 0 Å². The topological polar surface area (TPSA) is 43.6 Å². The Bertz CT molecular complexity index is 3550. The Labute approximate surface area is 389 Å². The van der Waals surface area contributed by atoms with E-state index in [1.54, 1.807) is 0 Å². The van der Waals surface area contributed by atoms with E-state index in [-0.39, 0.29) is 0 Å². The first-order chi connectivity index (χ1) is 33.2. The first kappa shape index (κ1) is 39.6. The Morgan fingerprint density at radius 1 is 0.224 bits per heavy atom. The van der Waals surface area contributed by atoms with Crippen molar-refractivity contribution in [3.8, 4) is 95.5 Å². The minimum Gasteiger partial charge on any atom is -0.308 e. The second-order valence-electron chi connectivity index (χ2n) is 16.8. The highest BCUT2D eigenvalue weighted by Crippen LogP contribution is 2.43. The molecule has 0 N–H and O–H groups in total. The van der Waals surface area contributed by atoms with Gasteiger partial charge in [-0.25, -0.2) is 15.0 Å². The van der Waals surface area contributed by atoms with Gasteiger partial charge in [0.15, 0.2) is 17.5 Å². The fraction of sp³-hybridized carbons (Fsp3) is 0. The molecule has 0 saturated heterocycles. The highest BCUT2D eigenvalue weighted by Gasteiger charge is 2.22. The number of aromatic nitrogens is 4. The van der Waals surface area contributed by atoms with Gasteiger partial charge >= 0.3 is 0 Å². The lowest BCUT2D eigenvalue weighted by Crippen LogP contribution is -2.04. The fourth-order valence-electron chi connectivity index (χ4n) is 9.37. The zero-order valence-corrected chi connectivity index (χ0v) is 36.5. The summed E-state index contributed by atoms with van der Waals surface area (Å²) in [7, 11) is 0. The summed E-state index contributed by atoms with van der Waals surface area (Å²) < 4.78 is 2.40. The second-order valence-corrected chi connectivity index (χ2v) is 16.8. The number of fused-ring (bicyclic) bond motifs is 3. The molecule has 2 heterocycles. The molecule has 0 unspecified atom stereocenters. The molecule has 67 heavy (non-hydrogen) atoms. The maximum Gasteiger partial charge on any atom is 0.166 e. The van der Waals surface area contributed by atoms with E-state index in [9.17, 15) is 0 Å². The number of benzene rings is 10. The van der Waals surface area contributed by atoms with Crippen LogP contribution in [0.25, 0.3) is 117 Å². The Morgan fingerprint density at radius 3 is 1.04 bits per heavy atom. The summed E-state index contributed by atoms with van der Waals surface area (Å²) in [6.45, 7) is 0. The van der Waals surface area contributed by atoms with Crippen LogP contribution in [0.1, 0.15) is 0 Å². The van der Waals surface area contributed by atoms with Crippen molar-refractivity contribution in [2.45, 2.75) is 0 Å². The maximum absolute atomic E-state index is 5.38. The first-order valence-corrected chi connectivity index (χ1v) is 22.7. The predicted molar refractivity (Wildman–Crippen MR) is 278 cm³/mol. The molecule has 0 bridgehead atoms. The van der Waals surface area contributed by atoms with Gasteiger partial charge in [0.05, 0.1) is 16.7 Å².